The van der Waals surface area contributed by atoms with Crippen molar-refractivity contribution in [3.8, 4) is 11.1 Å². The molecule has 0 fully saturated rings. The van der Waals surface area contributed by atoms with Crippen molar-refractivity contribution in [3.63, 3.8) is 0 Å². The minimum absolute atomic E-state index is 0.0508. The lowest BCUT2D eigenvalue weighted by Crippen LogP contribution is -2.17. The van der Waals surface area contributed by atoms with Gasteiger partial charge in [-0.2, -0.15) is 0 Å². The third-order valence-corrected chi connectivity index (χ3v) is 9.10. The van der Waals surface area contributed by atoms with Gasteiger partial charge in [0.1, 0.15) is 9.83 Å². The molecule has 0 spiro atoms. The number of ether oxygens (including phenoxy) is 1. The lowest BCUT2D eigenvalue weighted by atomic mass is 9.95. The second kappa shape index (κ2) is 10.6. The summed E-state index contributed by atoms with van der Waals surface area (Å²) in [4.78, 5) is 48.7. The molecule has 1 aliphatic carbocycles. The fraction of sp³-hybridized carbons (Fsp3) is 0.308. The molecular formula is C26H25N3O4S3. The highest BCUT2D eigenvalue weighted by atomic mass is 32.2. The van der Waals surface area contributed by atoms with Crippen LogP contribution in [0.5, 0.6) is 0 Å². The summed E-state index contributed by atoms with van der Waals surface area (Å²) in [6.45, 7) is 4.03. The summed E-state index contributed by atoms with van der Waals surface area (Å²) >= 11 is 4.09. The first-order chi connectivity index (χ1) is 17.5. The normalized spacial score (nSPS) is 12.9. The van der Waals surface area contributed by atoms with E-state index in [1.54, 1.807) is 6.92 Å². The quantitative estimate of drug-likeness (QED) is 0.175. The topological polar surface area (TPSA) is 101 Å². The number of hydrogen-bond acceptors (Lipinski definition) is 8. The highest BCUT2D eigenvalue weighted by Gasteiger charge is 2.27. The fourth-order valence-electron chi connectivity index (χ4n) is 4.49. The molecule has 0 bridgehead atoms. The van der Waals surface area contributed by atoms with Gasteiger partial charge in [0.25, 0.3) is 5.56 Å². The third-order valence-electron chi connectivity index (χ3n) is 6.02. The van der Waals surface area contributed by atoms with Gasteiger partial charge in [-0.15, -0.1) is 22.7 Å². The van der Waals surface area contributed by atoms with Gasteiger partial charge in [0, 0.05) is 15.3 Å². The summed E-state index contributed by atoms with van der Waals surface area (Å²) in [5.41, 5.74) is 3.15. The van der Waals surface area contributed by atoms with Gasteiger partial charge in [0.15, 0.2) is 5.16 Å². The average molecular weight is 540 g/mol. The van der Waals surface area contributed by atoms with Gasteiger partial charge in [-0.1, -0.05) is 42.1 Å². The molecule has 0 saturated carbocycles. The predicted molar refractivity (Wildman–Crippen MR) is 147 cm³/mol. The SMILES string of the molecule is CCOC(=O)c1c(NC(=O)CSc2nc3sc(C)c(-c4ccccc4)c3c(=O)[nH]2)sc2c1CCCC2. The number of aromatic nitrogens is 2. The summed E-state index contributed by atoms with van der Waals surface area (Å²) in [7, 11) is 0. The van der Waals surface area contributed by atoms with E-state index in [-0.39, 0.29) is 23.8 Å². The lowest BCUT2D eigenvalue weighted by Gasteiger charge is -2.12. The molecule has 2 N–H and O–H groups in total. The van der Waals surface area contributed by atoms with Crippen molar-refractivity contribution >= 4 is 61.5 Å². The Hall–Kier alpha value is -2.95. The van der Waals surface area contributed by atoms with Gasteiger partial charge in [0.05, 0.1) is 23.3 Å². The summed E-state index contributed by atoms with van der Waals surface area (Å²) in [5, 5.41) is 4.41. The Balaban J connectivity index is 1.35. The number of rotatable bonds is 7. The second-order valence-corrected chi connectivity index (χ2v) is 11.7. The lowest BCUT2D eigenvalue weighted by molar-refractivity contribution is -0.113. The molecule has 1 aromatic carbocycles. The molecule has 5 rings (SSSR count). The first-order valence-corrected chi connectivity index (χ1v) is 14.4. The smallest absolute Gasteiger partial charge is 0.341 e. The van der Waals surface area contributed by atoms with E-state index in [2.05, 4.69) is 15.3 Å². The van der Waals surface area contributed by atoms with Crippen LogP contribution < -0.4 is 10.9 Å². The molecule has 3 heterocycles. The number of thioether (sulfide) groups is 1. The van der Waals surface area contributed by atoms with Gasteiger partial charge in [0.2, 0.25) is 5.91 Å². The minimum Gasteiger partial charge on any atom is -0.462 e. The summed E-state index contributed by atoms with van der Waals surface area (Å²) in [6.07, 6.45) is 3.83. The fourth-order valence-corrected chi connectivity index (χ4v) is 7.55. The Bertz CT molecular complexity index is 1500. The molecule has 3 aromatic heterocycles. The van der Waals surface area contributed by atoms with Crippen LogP contribution in [0.4, 0.5) is 5.00 Å². The zero-order valence-corrected chi connectivity index (χ0v) is 22.4. The number of fused-ring (bicyclic) bond motifs is 2. The first kappa shape index (κ1) is 24.7. The van der Waals surface area contributed by atoms with E-state index in [0.29, 0.717) is 25.9 Å². The van der Waals surface area contributed by atoms with Gasteiger partial charge in [-0.05, 0) is 50.7 Å². The van der Waals surface area contributed by atoms with E-state index in [0.717, 1.165) is 63.9 Å². The molecule has 4 aromatic rings. The number of aryl methyl sites for hydroxylation is 2. The Morgan fingerprint density at radius 1 is 1.17 bits per heavy atom. The molecule has 10 heteroatoms. The zero-order valence-electron chi connectivity index (χ0n) is 19.9. The zero-order chi connectivity index (χ0) is 25.2. The number of carbonyl (C=O) groups excluding carboxylic acids is 2. The maximum Gasteiger partial charge on any atom is 0.341 e. The van der Waals surface area contributed by atoms with Crippen LogP contribution in [0, 0.1) is 6.92 Å². The number of hydrogen-bond donors (Lipinski definition) is 2. The Labute approximate surface area is 220 Å². The molecular weight excluding hydrogens is 515 g/mol. The standard InChI is InChI=1S/C26H25N3O4S3/c1-3-33-25(32)20-16-11-7-8-12-17(16)36-23(20)27-18(30)13-34-26-28-22(31)21-19(14(2)35-24(21)29-26)15-9-5-4-6-10-15/h4-6,9-10H,3,7-8,11-13H2,1-2H3,(H,27,30)(H,28,29,31). The van der Waals surface area contributed by atoms with Crippen molar-refractivity contribution in [1.82, 2.24) is 9.97 Å². The number of amides is 1. The van der Waals surface area contributed by atoms with Gasteiger partial charge < -0.3 is 15.0 Å². The first-order valence-electron chi connectivity index (χ1n) is 11.8. The monoisotopic (exact) mass is 539 g/mol. The van der Waals surface area contributed by atoms with Crippen LogP contribution in [0.1, 0.15) is 45.4 Å². The molecule has 0 saturated heterocycles. The number of H-pyrrole nitrogens is 1. The predicted octanol–water partition coefficient (Wildman–Crippen LogP) is 5.81. The van der Waals surface area contributed by atoms with Crippen molar-refractivity contribution in [1.29, 1.82) is 0 Å². The number of thiophene rings is 2. The second-order valence-electron chi connectivity index (χ2n) is 8.42. The minimum atomic E-state index is -0.390. The van der Waals surface area contributed by atoms with E-state index in [9.17, 15) is 14.4 Å². The number of nitrogens with one attached hydrogen (secondary N) is 2. The number of anilines is 1. The van der Waals surface area contributed by atoms with Crippen LogP contribution in [0.25, 0.3) is 21.3 Å². The molecule has 0 atom stereocenters. The van der Waals surface area contributed by atoms with Crippen LogP contribution in [0.2, 0.25) is 0 Å². The molecule has 0 unspecified atom stereocenters. The molecule has 7 nitrogen and oxygen atoms in total. The Morgan fingerprint density at radius 3 is 2.72 bits per heavy atom. The van der Waals surface area contributed by atoms with E-state index in [4.69, 9.17) is 4.74 Å². The van der Waals surface area contributed by atoms with Crippen molar-refractivity contribution in [3.05, 3.63) is 61.6 Å². The summed E-state index contributed by atoms with van der Waals surface area (Å²) in [6, 6.07) is 9.79. The maximum absolute atomic E-state index is 13.0. The number of esters is 1. The maximum atomic E-state index is 13.0. The highest BCUT2D eigenvalue weighted by Crippen LogP contribution is 2.39. The van der Waals surface area contributed by atoms with Crippen molar-refractivity contribution in [2.45, 2.75) is 44.7 Å². The van der Waals surface area contributed by atoms with E-state index in [1.807, 2.05) is 37.3 Å². The molecule has 0 radical (unpaired) electrons. The van der Waals surface area contributed by atoms with Crippen LogP contribution in [-0.4, -0.2) is 34.2 Å². The molecule has 186 valence electrons. The van der Waals surface area contributed by atoms with Crippen molar-refractivity contribution in [2.24, 2.45) is 0 Å². The molecule has 36 heavy (non-hydrogen) atoms. The molecule has 1 amide bonds. The number of carbonyl (C=O) groups is 2. The molecule has 1 aliphatic rings. The number of aromatic amines is 1. The van der Waals surface area contributed by atoms with E-state index in [1.165, 1.54) is 22.7 Å². The van der Waals surface area contributed by atoms with Crippen LogP contribution >= 0.6 is 34.4 Å². The van der Waals surface area contributed by atoms with E-state index >= 15 is 0 Å². The van der Waals surface area contributed by atoms with Gasteiger partial charge in [-0.25, -0.2) is 9.78 Å². The van der Waals surface area contributed by atoms with Gasteiger partial charge >= 0.3 is 5.97 Å². The molecule has 0 aliphatic heterocycles. The van der Waals surface area contributed by atoms with Crippen LogP contribution in [0.3, 0.4) is 0 Å². The largest absolute Gasteiger partial charge is 0.462 e. The highest BCUT2D eigenvalue weighted by molar-refractivity contribution is 7.99. The Kier molecular flexibility index (Phi) is 7.27. The summed E-state index contributed by atoms with van der Waals surface area (Å²) in [5.74, 6) is -0.604. The van der Waals surface area contributed by atoms with Crippen LogP contribution in [0.15, 0.2) is 40.3 Å². The Morgan fingerprint density at radius 2 is 1.94 bits per heavy atom. The number of benzene rings is 1. The van der Waals surface area contributed by atoms with Crippen LogP contribution in [-0.2, 0) is 22.4 Å². The van der Waals surface area contributed by atoms with Crippen molar-refractivity contribution < 1.29 is 14.3 Å². The van der Waals surface area contributed by atoms with E-state index < -0.39 is 5.97 Å². The van der Waals surface area contributed by atoms with Gasteiger partial charge in [-0.3, -0.25) is 9.59 Å². The third kappa shape index (κ3) is 4.85. The average Bonchev–Trinajstić information content (AvgIpc) is 3.40. The van der Waals surface area contributed by atoms with Crippen molar-refractivity contribution in [2.75, 3.05) is 17.7 Å². The number of nitrogens with zero attached hydrogens (tertiary/aromatic N) is 1. The summed E-state index contributed by atoms with van der Waals surface area (Å²) < 4.78 is 5.26.